The molecule has 0 spiro atoms. The summed E-state index contributed by atoms with van der Waals surface area (Å²) in [4.78, 5) is 16.5. The number of aliphatic hydroxyl groups is 1. The van der Waals surface area contributed by atoms with Gasteiger partial charge in [-0.2, -0.15) is 0 Å². The van der Waals surface area contributed by atoms with E-state index in [1.54, 1.807) is 24.5 Å². The fraction of sp³-hybridized carbons (Fsp3) is 0.368. The largest absolute Gasteiger partial charge is 0.396 e. The van der Waals surface area contributed by atoms with E-state index >= 15 is 0 Å². The molecule has 6 nitrogen and oxygen atoms in total. The molecule has 1 unspecified atom stereocenters. The van der Waals surface area contributed by atoms with Gasteiger partial charge in [0.2, 0.25) is 0 Å². The molecule has 1 aliphatic rings. The third-order valence-corrected chi connectivity index (χ3v) is 4.74. The van der Waals surface area contributed by atoms with Crippen molar-refractivity contribution in [3.05, 3.63) is 60.4 Å². The molecule has 0 radical (unpaired) electrons. The number of anilines is 1. The Morgan fingerprint density at radius 2 is 1.96 bits per heavy atom. The first-order valence-electron chi connectivity index (χ1n) is 8.45. The lowest BCUT2D eigenvalue weighted by atomic mass is 9.72. The van der Waals surface area contributed by atoms with Gasteiger partial charge in [0.1, 0.15) is 0 Å². The van der Waals surface area contributed by atoms with Gasteiger partial charge in [0.25, 0.3) is 0 Å². The summed E-state index contributed by atoms with van der Waals surface area (Å²) in [5.41, 5.74) is 1.16. The van der Waals surface area contributed by atoms with E-state index in [9.17, 15) is 9.90 Å². The number of amides is 2. The molecule has 0 saturated carbocycles. The summed E-state index contributed by atoms with van der Waals surface area (Å²) in [7, 11) is 0. The van der Waals surface area contributed by atoms with Crippen LogP contribution in [0.1, 0.15) is 24.4 Å². The summed E-state index contributed by atoms with van der Waals surface area (Å²) in [6, 6.07) is 12.7. The number of hydrogen-bond acceptors (Lipinski definition) is 4. The van der Waals surface area contributed by atoms with Crippen molar-refractivity contribution >= 4 is 11.7 Å². The van der Waals surface area contributed by atoms with Crippen molar-refractivity contribution < 1.29 is 14.6 Å². The minimum atomic E-state index is -0.439. The van der Waals surface area contributed by atoms with E-state index in [0.717, 1.165) is 5.56 Å². The standard InChI is InChI=1S/C19H23N3O3/c23-14-19(8-11-25-12-9-19)17(15-5-2-1-3-6-15)22-18(24)21-16-7-4-10-20-13-16/h1-7,10,13,17,23H,8-9,11-12,14H2,(H2,21,22,24). The van der Waals surface area contributed by atoms with Gasteiger partial charge in [-0.25, -0.2) is 4.79 Å². The third-order valence-electron chi connectivity index (χ3n) is 4.74. The van der Waals surface area contributed by atoms with Crippen molar-refractivity contribution in [1.82, 2.24) is 10.3 Å². The molecule has 1 aliphatic heterocycles. The maximum Gasteiger partial charge on any atom is 0.319 e. The highest BCUT2D eigenvalue weighted by Gasteiger charge is 2.41. The Morgan fingerprint density at radius 3 is 2.60 bits per heavy atom. The molecular weight excluding hydrogens is 318 g/mol. The first-order valence-corrected chi connectivity index (χ1v) is 8.45. The Balaban J connectivity index is 1.82. The highest BCUT2D eigenvalue weighted by atomic mass is 16.5. The van der Waals surface area contributed by atoms with E-state index in [2.05, 4.69) is 15.6 Å². The summed E-state index contributed by atoms with van der Waals surface area (Å²) in [5.74, 6) is 0. The second-order valence-electron chi connectivity index (χ2n) is 6.32. The molecule has 1 aromatic carbocycles. The second-order valence-corrected chi connectivity index (χ2v) is 6.32. The van der Waals surface area contributed by atoms with E-state index in [1.807, 2.05) is 30.3 Å². The van der Waals surface area contributed by atoms with E-state index in [1.165, 1.54) is 0 Å². The highest BCUT2D eigenvalue weighted by molar-refractivity contribution is 5.89. The molecule has 3 N–H and O–H groups in total. The van der Waals surface area contributed by atoms with Crippen LogP contribution in [0.2, 0.25) is 0 Å². The van der Waals surface area contributed by atoms with Gasteiger partial charge >= 0.3 is 6.03 Å². The zero-order valence-electron chi connectivity index (χ0n) is 14.0. The van der Waals surface area contributed by atoms with Gasteiger partial charge in [-0.1, -0.05) is 30.3 Å². The first kappa shape index (κ1) is 17.4. The van der Waals surface area contributed by atoms with Crippen molar-refractivity contribution in [2.45, 2.75) is 18.9 Å². The monoisotopic (exact) mass is 341 g/mol. The Morgan fingerprint density at radius 1 is 1.20 bits per heavy atom. The number of aliphatic hydroxyl groups excluding tert-OH is 1. The maximum absolute atomic E-state index is 12.5. The van der Waals surface area contributed by atoms with E-state index in [-0.39, 0.29) is 18.7 Å². The van der Waals surface area contributed by atoms with E-state index in [4.69, 9.17) is 4.74 Å². The molecule has 0 aliphatic carbocycles. The minimum Gasteiger partial charge on any atom is -0.396 e. The quantitative estimate of drug-likeness (QED) is 0.781. The summed E-state index contributed by atoms with van der Waals surface area (Å²) in [6.07, 6.45) is 4.62. The number of pyridine rings is 1. The van der Waals surface area contributed by atoms with Gasteiger partial charge in [-0.3, -0.25) is 4.98 Å². The highest BCUT2D eigenvalue weighted by Crippen LogP contribution is 2.42. The number of urea groups is 1. The molecule has 3 rings (SSSR count). The molecule has 2 heterocycles. The van der Waals surface area contributed by atoms with Crippen molar-refractivity contribution in [2.24, 2.45) is 5.41 Å². The number of hydrogen-bond donors (Lipinski definition) is 3. The van der Waals surface area contributed by atoms with Crippen molar-refractivity contribution in [2.75, 3.05) is 25.1 Å². The smallest absolute Gasteiger partial charge is 0.319 e. The zero-order valence-corrected chi connectivity index (χ0v) is 14.0. The third kappa shape index (κ3) is 4.15. The lowest BCUT2D eigenvalue weighted by Crippen LogP contribution is -2.47. The van der Waals surface area contributed by atoms with Gasteiger partial charge < -0.3 is 20.5 Å². The molecule has 1 atom stereocenters. The van der Waals surface area contributed by atoms with Crippen molar-refractivity contribution in [3.63, 3.8) is 0 Å². The molecular formula is C19H23N3O3. The Hall–Kier alpha value is -2.44. The molecule has 2 aromatic rings. The van der Waals surface area contributed by atoms with Crippen LogP contribution in [0.4, 0.5) is 10.5 Å². The predicted molar refractivity (Wildman–Crippen MR) is 95.1 cm³/mol. The zero-order chi connectivity index (χ0) is 17.5. The van der Waals surface area contributed by atoms with Crippen LogP contribution in [0, 0.1) is 5.41 Å². The molecule has 1 fully saturated rings. The minimum absolute atomic E-state index is 0.0108. The number of ether oxygens (including phenoxy) is 1. The van der Waals surface area contributed by atoms with Crippen LogP contribution in [0.25, 0.3) is 0 Å². The average molecular weight is 341 g/mol. The van der Waals surface area contributed by atoms with Gasteiger partial charge in [-0.05, 0) is 30.5 Å². The lowest BCUT2D eigenvalue weighted by Gasteiger charge is -2.42. The predicted octanol–water partition coefficient (Wildman–Crippen LogP) is 2.73. The molecule has 6 heteroatoms. The van der Waals surface area contributed by atoms with Crippen LogP contribution < -0.4 is 10.6 Å². The summed E-state index contributed by atoms with van der Waals surface area (Å²) in [5, 5.41) is 16.0. The van der Waals surface area contributed by atoms with Crippen LogP contribution in [0.3, 0.4) is 0 Å². The SMILES string of the molecule is O=C(Nc1cccnc1)NC(c1ccccc1)C1(CO)CCOCC1. The molecule has 132 valence electrons. The summed E-state index contributed by atoms with van der Waals surface area (Å²) in [6.45, 7) is 1.15. The first-order chi connectivity index (χ1) is 12.2. The van der Waals surface area contributed by atoms with Gasteiger partial charge in [0, 0.05) is 24.8 Å². The number of benzene rings is 1. The van der Waals surface area contributed by atoms with Crippen LogP contribution in [-0.2, 0) is 4.74 Å². The lowest BCUT2D eigenvalue weighted by molar-refractivity contribution is -0.0357. The van der Waals surface area contributed by atoms with Crippen LogP contribution in [0.5, 0.6) is 0 Å². The van der Waals surface area contributed by atoms with Crippen LogP contribution >= 0.6 is 0 Å². The number of nitrogens with zero attached hydrogens (tertiary/aromatic N) is 1. The van der Waals surface area contributed by atoms with Crippen LogP contribution in [0.15, 0.2) is 54.9 Å². The fourth-order valence-corrected chi connectivity index (χ4v) is 3.29. The molecule has 1 saturated heterocycles. The molecule has 1 aromatic heterocycles. The average Bonchev–Trinajstić information content (AvgIpc) is 2.68. The number of nitrogens with one attached hydrogen (secondary N) is 2. The normalized spacial score (nSPS) is 17.5. The maximum atomic E-state index is 12.5. The fourth-order valence-electron chi connectivity index (χ4n) is 3.29. The molecule has 2 amide bonds. The Kier molecular flexibility index (Phi) is 5.63. The summed E-state index contributed by atoms with van der Waals surface area (Å²) < 4.78 is 5.47. The van der Waals surface area contributed by atoms with Gasteiger partial charge in [0.15, 0.2) is 0 Å². The molecule has 0 bridgehead atoms. The number of carbonyl (C=O) groups is 1. The number of carbonyl (C=O) groups excluding carboxylic acids is 1. The van der Waals surface area contributed by atoms with Crippen LogP contribution in [-0.4, -0.2) is 35.9 Å². The van der Waals surface area contributed by atoms with Gasteiger partial charge in [0.05, 0.1) is 24.5 Å². The number of aromatic nitrogens is 1. The topological polar surface area (TPSA) is 83.5 Å². The number of rotatable bonds is 5. The van der Waals surface area contributed by atoms with Gasteiger partial charge in [-0.15, -0.1) is 0 Å². The van der Waals surface area contributed by atoms with E-state index in [0.29, 0.717) is 31.7 Å². The second kappa shape index (κ2) is 8.09. The Bertz CT molecular complexity index is 673. The van der Waals surface area contributed by atoms with Crippen molar-refractivity contribution in [3.8, 4) is 0 Å². The van der Waals surface area contributed by atoms with E-state index < -0.39 is 5.41 Å². The molecule has 25 heavy (non-hydrogen) atoms. The summed E-state index contributed by atoms with van der Waals surface area (Å²) >= 11 is 0. The van der Waals surface area contributed by atoms with Crippen molar-refractivity contribution in [1.29, 1.82) is 0 Å². The Labute approximate surface area is 147 Å².